The third-order valence-corrected chi connectivity index (χ3v) is 7.96. The summed E-state index contributed by atoms with van der Waals surface area (Å²) in [6.07, 6.45) is 0. The molecule has 0 radical (unpaired) electrons. The van der Waals surface area contributed by atoms with Crippen molar-refractivity contribution in [3.63, 3.8) is 0 Å². The molecule has 0 saturated heterocycles. The Morgan fingerprint density at radius 2 is 1.10 bits per heavy atom. The van der Waals surface area contributed by atoms with Crippen molar-refractivity contribution in [1.29, 1.82) is 0 Å². The molecule has 39 heavy (non-hydrogen) atoms. The zero-order chi connectivity index (χ0) is 25.5. The summed E-state index contributed by atoms with van der Waals surface area (Å²) in [5.74, 6) is 0.949. The number of imidazole rings is 2. The molecule has 0 aliphatic rings. The first-order valence-corrected chi connectivity index (χ1v) is 13.2. The minimum absolute atomic E-state index is 0.949. The average Bonchev–Trinajstić information content (AvgIpc) is 3.62. The number of rotatable bonds is 3. The van der Waals surface area contributed by atoms with Crippen LogP contribution in [0, 0.1) is 0 Å². The van der Waals surface area contributed by atoms with Gasteiger partial charge < -0.3 is 4.90 Å². The lowest BCUT2D eigenvalue weighted by molar-refractivity contribution is 1.21. The van der Waals surface area contributed by atoms with Gasteiger partial charge in [0.2, 0.25) is 5.78 Å². The van der Waals surface area contributed by atoms with Gasteiger partial charge in [-0.25, -0.2) is 4.98 Å². The first kappa shape index (κ1) is 20.7. The molecule has 0 N–H and O–H groups in total. The van der Waals surface area contributed by atoms with Crippen LogP contribution in [0.1, 0.15) is 0 Å². The van der Waals surface area contributed by atoms with Crippen molar-refractivity contribution in [3.05, 3.63) is 133 Å². The van der Waals surface area contributed by atoms with Gasteiger partial charge >= 0.3 is 0 Å². The molecule has 0 saturated carbocycles. The lowest BCUT2D eigenvalue weighted by Crippen LogP contribution is -2.09. The highest BCUT2D eigenvalue weighted by Crippen LogP contribution is 2.43. The van der Waals surface area contributed by atoms with Gasteiger partial charge in [-0.15, -0.1) is 0 Å². The second kappa shape index (κ2) is 7.59. The normalized spacial score (nSPS) is 12.1. The largest absolute Gasteiger partial charge is 0.310 e. The summed E-state index contributed by atoms with van der Waals surface area (Å²) in [7, 11) is 0. The van der Waals surface area contributed by atoms with Crippen LogP contribution in [0.3, 0.4) is 0 Å². The number of hydrogen-bond acceptors (Lipinski definition) is 2. The van der Waals surface area contributed by atoms with Crippen LogP contribution >= 0.6 is 0 Å². The van der Waals surface area contributed by atoms with Gasteiger partial charge in [-0.2, -0.15) is 0 Å². The van der Waals surface area contributed by atoms with Gasteiger partial charge in [0.1, 0.15) is 0 Å². The number of aromatic nitrogens is 3. The van der Waals surface area contributed by atoms with E-state index in [0.717, 1.165) is 39.4 Å². The van der Waals surface area contributed by atoms with E-state index in [1.807, 2.05) is 0 Å². The molecule has 3 aromatic heterocycles. The average molecular weight is 499 g/mol. The first-order chi connectivity index (χ1) is 19.3. The maximum Gasteiger partial charge on any atom is 0.220 e. The molecule has 0 amide bonds. The van der Waals surface area contributed by atoms with Gasteiger partial charge in [0, 0.05) is 27.8 Å². The molecular weight excluding hydrogens is 476 g/mol. The standard InChI is InChI=1S/C35H22N4/c1-3-13-25(14-4-1)37(26-15-5-2-6-16-26)27-21-29-28-19-23-11-7-8-12-24(23)20-32(28)39-34(29)33(22-27)38-31-18-10-9-17-30(31)36-35(38)39/h1-22H. The van der Waals surface area contributed by atoms with E-state index in [-0.39, 0.29) is 0 Å². The lowest BCUT2D eigenvalue weighted by atomic mass is 10.0. The monoisotopic (exact) mass is 498 g/mol. The Balaban J connectivity index is 1.49. The summed E-state index contributed by atoms with van der Waals surface area (Å²) in [5, 5.41) is 4.95. The summed E-state index contributed by atoms with van der Waals surface area (Å²) in [5.41, 5.74) is 9.03. The molecule has 182 valence electrons. The molecule has 0 bridgehead atoms. The predicted molar refractivity (Wildman–Crippen MR) is 162 cm³/mol. The summed E-state index contributed by atoms with van der Waals surface area (Å²) in [6, 6.07) is 47.6. The van der Waals surface area contributed by atoms with E-state index < -0.39 is 0 Å². The van der Waals surface area contributed by atoms with Crippen LogP contribution < -0.4 is 4.90 Å². The first-order valence-electron chi connectivity index (χ1n) is 13.2. The lowest BCUT2D eigenvalue weighted by Gasteiger charge is -2.25. The molecule has 4 heteroatoms. The van der Waals surface area contributed by atoms with E-state index in [2.05, 4.69) is 147 Å². The molecule has 9 aromatic rings. The highest BCUT2D eigenvalue weighted by molar-refractivity contribution is 6.19. The van der Waals surface area contributed by atoms with Crippen LogP contribution in [0.25, 0.3) is 54.9 Å². The van der Waals surface area contributed by atoms with E-state index in [1.54, 1.807) is 0 Å². The van der Waals surface area contributed by atoms with Crippen molar-refractivity contribution < 1.29 is 0 Å². The quantitative estimate of drug-likeness (QED) is 0.243. The third-order valence-electron chi connectivity index (χ3n) is 7.96. The van der Waals surface area contributed by atoms with Gasteiger partial charge in [0.05, 0.1) is 27.6 Å². The molecule has 0 aliphatic carbocycles. The van der Waals surface area contributed by atoms with Crippen molar-refractivity contribution in [3.8, 4) is 0 Å². The molecule has 3 heterocycles. The Bertz CT molecular complexity index is 2290. The topological polar surface area (TPSA) is 25.0 Å². The Kier molecular flexibility index (Phi) is 4.02. The molecule has 9 rings (SSSR count). The van der Waals surface area contributed by atoms with Crippen molar-refractivity contribution in [1.82, 2.24) is 13.8 Å². The van der Waals surface area contributed by atoms with Gasteiger partial charge in [-0.05, 0) is 71.4 Å². The van der Waals surface area contributed by atoms with Crippen LogP contribution in [-0.2, 0) is 0 Å². The highest BCUT2D eigenvalue weighted by atomic mass is 15.2. The Morgan fingerprint density at radius 1 is 0.462 bits per heavy atom. The number of anilines is 3. The van der Waals surface area contributed by atoms with Crippen LogP contribution in [0.15, 0.2) is 133 Å². The number of nitrogens with zero attached hydrogens (tertiary/aromatic N) is 4. The molecule has 6 aromatic carbocycles. The Hall–Kier alpha value is -5.35. The summed E-state index contributed by atoms with van der Waals surface area (Å²) < 4.78 is 4.68. The van der Waals surface area contributed by atoms with E-state index in [9.17, 15) is 0 Å². The fraction of sp³-hybridized carbons (Fsp3) is 0. The predicted octanol–water partition coefficient (Wildman–Crippen LogP) is 9.11. The summed E-state index contributed by atoms with van der Waals surface area (Å²) >= 11 is 0. The Morgan fingerprint density at radius 3 is 1.85 bits per heavy atom. The zero-order valence-electron chi connectivity index (χ0n) is 21.0. The van der Waals surface area contributed by atoms with Crippen molar-refractivity contribution in [2.24, 2.45) is 0 Å². The van der Waals surface area contributed by atoms with Crippen LogP contribution in [0.2, 0.25) is 0 Å². The van der Waals surface area contributed by atoms with Crippen molar-refractivity contribution >= 4 is 72.0 Å². The summed E-state index contributed by atoms with van der Waals surface area (Å²) in [6.45, 7) is 0. The number of benzene rings is 6. The second-order valence-electron chi connectivity index (χ2n) is 10.2. The molecule has 4 nitrogen and oxygen atoms in total. The van der Waals surface area contributed by atoms with E-state index in [4.69, 9.17) is 4.98 Å². The van der Waals surface area contributed by atoms with E-state index >= 15 is 0 Å². The minimum atomic E-state index is 0.949. The van der Waals surface area contributed by atoms with Crippen molar-refractivity contribution in [2.45, 2.75) is 0 Å². The molecule has 0 atom stereocenters. The molecule has 0 unspecified atom stereocenters. The van der Waals surface area contributed by atoms with Gasteiger partial charge in [-0.3, -0.25) is 8.80 Å². The minimum Gasteiger partial charge on any atom is -0.310 e. The second-order valence-corrected chi connectivity index (χ2v) is 10.2. The van der Waals surface area contributed by atoms with Crippen LogP contribution in [-0.4, -0.2) is 13.8 Å². The van der Waals surface area contributed by atoms with Crippen LogP contribution in [0.4, 0.5) is 17.1 Å². The Labute approximate surface area is 223 Å². The molecule has 0 aliphatic heterocycles. The molecular formula is C35H22N4. The number of para-hydroxylation sites is 4. The van der Waals surface area contributed by atoms with Gasteiger partial charge in [-0.1, -0.05) is 72.8 Å². The van der Waals surface area contributed by atoms with E-state index in [0.29, 0.717) is 0 Å². The fourth-order valence-electron chi connectivity index (χ4n) is 6.30. The SMILES string of the molecule is c1ccc(N(c2ccccc2)c2cc3c4cc5ccccc5cc4n4c3c(c2)n2c3ccccc3nc24)cc1. The smallest absolute Gasteiger partial charge is 0.220 e. The molecule has 0 spiro atoms. The molecule has 0 fully saturated rings. The van der Waals surface area contributed by atoms with E-state index in [1.165, 1.54) is 32.6 Å². The maximum atomic E-state index is 5.14. The zero-order valence-corrected chi connectivity index (χ0v) is 21.0. The number of hydrogen-bond donors (Lipinski definition) is 0. The maximum absolute atomic E-state index is 5.14. The van der Waals surface area contributed by atoms with Gasteiger partial charge in [0.15, 0.2) is 0 Å². The van der Waals surface area contributed by atoms with Crippen molar-refractivity contribution in [2.75, 3.05) is 4.90 Å². The fourth-order valence-corrected chi connectivity index (χ4v) is 6.30. The van der Waals surface area contributed by atoms with Gasteiger partial charge in [0.25, 0.3) is 0 Å². The van der Waals surface area contributed by atoms with Crippen LogP contribution in [0.5, 0.6) is 0 Å². The summed E-state index contributed by atoms with van der Waals surface area (Å²) in [4.78, 5) is 7.48. The number of fused-ring (bicyclic) bond motifs is 9. The highest BCUT2D eigenvalue weighted by Gasteiger charge is 2.24. The third kappa shape index (κ3) is 2.80.